The van der Waals surface area contributed by atoms with Crippen molar-refractivity contribution in [1.82, 2.24) is 25.4 Å². The van der Waals surface area contributed by atoms with Gasteiger partial charge in [0.2, 0.25) is 0 Å². The van der Waals surface area contributed by atoms with Crippen molar-refractivity contribution in [3.8, 4) is 0 Å². The number of benzene rings is 1. The number of anilines is 1. The number of carbonyl (C=O) groups is 1. The van der Waals surface area contributed by atoms with Gasteiger partial charge in [0, 0.05) is 44.8 Å². The molecule has 0 atom stereocenters. The first kappa shape index (κ1) is 19.0. The molecule has 0 aliphatic carbocycles. The van der Waals surface area contributed by atoms with E-state index in [4.69, 9.17) is 0 Å². The molecule has 7 heteroatoms. The van der Waals surface area contributed by atoms with Gasteiger partial charge < -0.3 is 15.5 Å². The monoisotopic (exact) mass is 390 g/mol. The number of rotatable bonds is 7. The summed E-state index contributed by atoms with van der Waals surface area (Å²) in [6, 6.07) is 13.8. The molecule has 0 bridgehead atoms. The van der Waals surface area contributed by atoms with Crippen LogP contribution < -0.4 is 15.5 Å². The van der Waals surface area contributed by atoms with E-state index in [1.165, 1.54) is 12.8 Å². The topological polar surface area (TPSA) is 75.1 Å². The van der Waals surface area contributed by atoms with E-state index in [0.29, 0.717) is 19.6 Å². The van der Waals surface area contributed by atoms with Crippen LogP contribution in [0.25, 0.3) is 0 Å². The third kappa shape index (κ3) is 5.13. The Morgan fingerprint density at radius 1 is 0.966 bits per heavy atom. The Morgan fingerprint density at radius 2 is 1.76 bits per heavy atom. The molecule has 1 aliphatic heterocycles. The lowest BCUT2D eigenvalue weighted by Gasteiger charge is -2.16. The summed E-state index contributed by atoms with van der Waals surface area (Å²) < 4.78 is 1.87. The van der Waals surface area contributed by atoms with Crippen molar-refractivity contribution in [2.24, 2.45) is 0 Å². The number of aromatic nitrogens is 3. The van der Waals surface area contributed by atoms with Crippen LogP contribution in [0.1, 0.15) is 29.5 Å². The largest absolute Gasteiger partial charge is 0.357 e. The van der Waals surface area contributed by atoms with Crippen LogP contribution in [-0.2, 0) is 19.6 Å². The van der Waals surface area contributed by atoms with E-state index >= 15 is 0 Å². The van der Waals surface area contributed by atoms with Gasteiger partial charge in [0.1, 0.15) is 5.82 Å². The molecular formula is C22H26N6O. The molecule has 1 aromatic carbocycles. The van der Waals surface area contributed by atoms with E-state index in [9.17, 15) is 4.79 Å². The molecule has 7 nitrogen and oxygen atoms in total. The third-order valence-electron chi connectivity index (χ3n) is 5.14. The number of hydrogen-bond donors (Lipinski definition) is 2. The number of nitrogens with one attached hydrogen (secondary N) is 2. The van der Waals surface area contributed by atoms with Crippen molar-refractivity contribution in [1.29, 1.82) is 0 Å². The van der Waals surface area contributed by atoms with Crippen molar-refractivity contribution < 1.29 is 4.79 Å². The van der Waals surface area contributed by atoms with E-state index in [-0.39, 0.29) is 6.03 Å². The molecule has 3 heterocycles. The van der Waals surface area contributed by atoms with Gasteiger partial charge in [-0.2, -0.15) is 5.10 Å². The van der Waals surface area contributed by atoms with Crippen LogP contribution in [0.4, 0.5) is 10.6 Å². The summed E-state index contributed by atoms with van der Waals surface area (Å²) in [6.07, 6.45) is 8.00. The number of hydrogen-bond acceptors (Lipinski definition) is 4. The molecule has 1 aliphatic rings. The fraction of sp³-hybridized carbons (Fsp3) is 0.318. The average molecular weight is 390 g/mol. The van der Waals surface area contributed by atoms with Crippen LogP contribution in [0.5, 0.6) is 0 Å². The van der Waals surface area contributed by atoms with Crippen LogP contribution in [0.3, 0.4) is 0 Å². The number of urea groups is 1. The second kappa shape index (κ2) is 9.23. The summed E-state index contributed by atoms with van der Waals surface area (Å²) in [6.45, 7) is 3.76. The highest BCUT2D eigenvalue weighted by molar-refractivity contribution is 5.73. The maximum absolute atomic E-state index is 12.2. The Labute approximate surface area is 170 Å². The fourth-order valence-electron chi connectivity index (χ4n) is 3.53. The van der Waals surface area contributed by atoms with Crippen LogP contribution in [0, 0.1) is 0 Å². The van der Waals surface area contributed by atoms with Gasteiger partial charge >= 0.3 is 6.03 Å². The number of pyridine rings is 1. The molecular weight excluding hydrogens is 364 g/mol. The summed E-state index contributed by atoms with van der Waals surface area (Å²) in [5.74, 6) is 1.02. The van der Waals surface area contributed by atoms with Crippen molar-refractivity contribution in [3.05, 3.63) is 77.7 Å². The van der Waals surface area contributed by atoms with Gasteiger partial charge in [0.05, 0.1) is 6.54 Å². The fourth-order valence-corrected chi connectivity index (χ4v) is 3.53. The predicted octanol–water partition coefficient (Wildman–Crippen LogP) is 2.93. The Kier molecular flexibility index (Phi) is 6.04. The molecule has 0 saturated carbocycles. The van der Waals surface area contributed by atoms with Crippen LogP contribution in [0.2, 0.25) is 0 Å². The van der Waals surface area contributed by atoms with Crippen molar-refractivity contribution in [2.75, 3.05) is 18.0 Å². The Hall–Kier alpha value is -3.35. The van der Waals surface area contributed by atoms with E-state index in [1.807, 2.05) is 53.5 Å². The van der Waals surface area contributed by atoms with E-state index in [1.54, 1.807) is 6.20 Å². The van der Waals surface area contributed by atoms with Crippen molar-refractivity contribution in [2.45, 2.75) is 32.5 Å². The summed E-state index contributed by atoms with van der Waals surface area (Å²) in [4.78, 5) is 19.0. The summed E-state index contributed by atoms with van der Waals surface area (Å²) in [5.41, 5.74) is 3.20. The lowest BCUT2D eigenvalue weighted by molar-refractivity contribution is 0.240. The Balaban J connectivity index is 1.26. The highest BCUT2D eigenvalue weighted by atomic mass is 16.2. The number of amides is 2. The van der Waals surface area contributed by atoms with Gasteiger partial charge in [-0.25, -0.2) is 9.78 Å². The number of carbonyl (C=O) groups excluding carboxylic acids is 1. The zero-order chi connectivity index (χ0) is 19.9. The predicted molar refractivity (Wildman–Crippen MR) is 113 cm³/mol. The zero-order valence-electron chi connectivity index (χ0n) is 16.4. The minimum Gasteiger partial charge on any atom is -0.357 e. The zero-order valence-corrected chi connectivity index (χ0v) is 16.4. The van der Waals surface area contributed by atoms with Gasteiger partial charge in [-0.1, -0.05) is 30.3 Å². The van der Waals surface area contributed by atoms with E-state index in [2.05, 4.69) is 31.7 Å². The maximum Gasteiger partial charge on any atom is 0.315 e. The first-order valence-corrected chi connectivity index (χ1v) is 10.0. The Morgan fingerprint density at radius 3 is 2.48 bits per heavy atom. The minimum absolute atomic E-state index is 0.192. The molecule has 2 aromatic heterocycles. The van der Waals surface area contributed by atoms with Gasteiger partial charge in [-0.3, -0.25) is 4.68 Å². The summed E-state index contributed by atoms with van der Waals surface area (Å²) in [5, 5.41) is 10.1. The lowest BCUT2D eigenvalue weighted by atomic mass is 10.1. The minimum atomic E-state index is -0.192. The second-order valence-electron chi connectivity index (χ2n) is 7.23. The molecule has 0 radical (unpaired) electrons. The highest BCUT2D eigenvalue weighted by Crippen LogP contribution is 2.17. The molecule has 150 valence electrons. The van der Waals surface area contributed by atoms with Gasteiger partial charge in [0.15, 0.2) is 0 Å². The molecule has 29 heavy (non-hydrogen) atoms. The third-order valence-corrected chi connectivity index (χ3v) is 5.14. The molecule has 3 aromatic rings. The van der Waals surface area contributed by atoms with Crippen molar-refractivity contribution in [3.63, 3.8) is 0 Å². The second-order valence-corrected chi connectivity index (χ2v) is 7.23. The van der Waals surface area contributed by atoms with Gasteiger partial charge in [-0.05, 0) is 41.7 Å². The molecule has 4 rings (SSSR count). The molecule has 0 unspecified atom stereocenters. The first-order chi connectivity index (χ1) is 14.3. The lowest BCUT2D eigenvalue weighted by Crippen LogP contribution is -2.34. The summed E-state index contributed by atoms with van der Waals surface area (Å²) in [7, 11) is 0. The van der Waals surface area contributed by atoms with E-state index in [0.717, 1.165) is 35.6 Å². The van der Waals surface area contributed by atoms with Crippen molar-refractivity contribution >= 4 is 11.8 Å². The quantitative estimate of drug-likeness (QED) is 0.650. The standard InChI is InChI=1S/C22H26N6O/c29-22(24-15-18-8-9-21(23-14-18)27-11-3-4-12-27)25-16-19-6-1-2-7-20(19)17-28-13-5-10-26-28/h1-2,5-10,13-14H,3-4,11-12,15-17H2,(H2,24,25,29). The molecule has 2 amide bonds. The van der Waals surface area contributed by atoms with Crippen LogP contribution >= 0.6 is 0 Å². The summed E-state index contributed by atoms with van der Waals surface area (Å²) >= 11 is 0. The first-order valence-electron chi connectivity index (χ1n) is 10.0. The van der Waals surface area contributed by atoms with Gasteiger partial charge in [0.25, 0.3) is 0 Å². The maximum atomic E-state index is 12.2. The van der Waals surface area contributed by atoms with Gasteiger partial charge in [-0.15, -0.1) is 0 Å². The SMILES string of the molecule is O=C(NCc1ccc(N2CCCC2)nc1)NCc1ccccc1Cn1cccn1. The normalized spacial score (nSPS) is 13.4. The van der Waals surface area contributed by atoms with E-state index < -0.39 is 0 Å². The molecule has 1 fully saturated rings. The molecule has 0 spiro atoms. The highest BCUT2D eigenvalue weighted by Gasteiger charge is 2.13. The van der Waals surface area contributed by atoms with Crippen LogP contribution in [0.15, 0.2) is 61.1 Å². The average Bonchev–Trinajstić information content (AvgIpc) is 3.46. The molecule has 1 saturated heterocycles. The Bertz CT molecular complexity index is 917. The molecule has 2 N–H and O–H groups in total. The van der Waals surface area contributed by atoms with Crippen LogP contribution in [-0.4, -0.2) is 33.9 Å². The number of nitrogens with zero attached hydrogens (tertiary/aromatic N) is 4. The smallest absolute Gasteiger partial charge is 0.315 e.